The molecule has 33 heavy (non-hydrogen) atoms. The number of nitrogens with one attached hydrogen (secondary N) is 1. The van der Waals surface area contributed by atoms with Crippen LogP contribution in [0, 0.1) is 30.1 Å². The molecule has 2 atom stereocenters. The molecule has 2 unspecified atom stereocenters. The lowest BCUT2D eigenvalue weighted by atomic mass is 9.96. The molecule has 0 fully saturated rings. The predicted octanol–water partition coefficient (Wildman–Crippen LogP) is 4.98. The van der Waals surface area contributed by atoms with Gasteiger partial charge in [0.2, 0.25) is 0 Å². The molecule has 0 saturated heterocycles. The van der Waals surface area contributed by atoms with Crippen LogP contribution in [0.4, 0.5) is 0 Å². The van der Waals surface area contributed by atoms with Crippen molar-refractivity contribution in [2.24, 2.45) is 11.0 Å². The Hall–Kier alpha value is -3.63. The van der Waals surface area contributed by atoms with Gasteiger partial charge >= 0.3 is 0 Å². The zero-order chi connectivity index (χ0) is 24.2. The number of terminal acetylenes is 1. The van der Waals surface area contributed by atoms with E-state index in [0.717, 1.165) is 66.9 Å². The van der Waals surface area contributed by atoms with Crippen LogP contribution in [0.2, 0.25) is 0 Å². The van der Waals surface area contributed by atoms with Gasteiger partial charge in [-0.1, -0.05) is 61.8 Å². The van der Waals surface area contributed by atoms with Crippen LogP contribution in [0.3, 0.4) is 0 Å². The van der Waals surface area contributed by atoms with Gasteiger partial charge in [0.15, 0.2) is 0 Å². The van der Waals surface area contributed by atoms with Crippen molar-refractivity contribution < 1.29 is 0 Å². The largest absolute Gasteiger partial charge is 0.390 e. The molecule has 172 valence electrons. The Morgan fingerprint density at radius 3 is 2.82 bits per heavy atom. The number of hydrogen-bond acceptors (Lipinski definition) is 4. The van der Waals surface area contributed by atoms with E-state index >= 15 is 0 Å². The second-order valence-electron chi connectivity index (χ2n) is 8.04. The maximum Gasteiger partial charge on any atom is 0.0762 e. The lowest BCUT2D eigenvalue weighted by Gasteiger charge is -2.34. The number of hydrogen-bond donors (Lipinski definition) is 1. The first-order chi connectivity index (χ1) is 16.0. The van der Waals surface area contributed by atoms with Gasteiger partial charge in [0.05, 0.1) is 18.5 Å². The number of unbranched alkanes of at least 4 members (excludes halogenated alkanes) is 1. The van der Waals surface area contributed by atoms with E-state index in [1.165, 1.54) is 0 Å². The molecule has 2 rings (SSSR count). The summed E-state index contributed by atoms with van der Waals surface area (Å²) in [7, 11) is 3.95. The van der Waals surface area contributed by atoms with E-state index in [9.17, 15) is 0 Å². The van der Waals surface area contributed by atoms with E-state index in [0.29, 0.717) is 0 Å². The number of nitrogens with zero attached hydrogens (tertiary/aromatic N) is 3. The van der Waals surface area contributed by atoms with Gasteiger partial charge < -0.3 is 10.2 Å². The monoisotopic (exact) mass is 440 g/mol. The Morgan fingerprint density at radius 1 is 1.39 bits per heavy atom. The third-order valence-corrected chi connectivity index (χ3v) is 5.84. The normalized spacial score (nSPS) is 15.1. The highest BCUT2D eigenvalue weighted by molar-refractivity contribution is 5.76. The third-order valence-electron chi connectivity index (χ3n) is 5.84. The molecule has 1 aliphatic rings. The van der Waals surface area contributed by atoms with Crippen LogP contribution >= 0.6 is 0 Å². The molecule has 1 N–H and O–H groups in total. The zero-order valence-electron chi connectivity index (χ0n) is 20.1. The van der Waals surface area contributed by atoms with E-state index in [1.807, 2.05) is 48.6 Å². The Bertz CT molecular complexity index is 999. The highest BCUT2D eigenvalue weighted by atomic mass is 15.5. The van der Waals surface area contributed by atoms with Gasteiger partial charge in [0.25, 0.3) is 0 Å². The van der Waals surface area contributed by atoms with Gasteiger partial charge in [-0.05, 0) is 30.9 Å². The summed E-state index contributed by atoms with van der Waals surface area (Å²) in [6, 6.07) is 6.19. The van der Waals surface area contributed by atoms with Crippen molar-refractivity contribution in [1.29, 1.82) is 0 Å². The molecule has 0 bridgehead atoms. The molecule has 1 heterocycles. The summed E-state index contributed by atoms with van der Waals surface area (Å²) >= 11 is 0. The van der Waals surface area contributed by atoms with Gasteiger partial charge in [-0.15, -0.1) is 13.0 Å². The summed E-state index contributed by atoms with van der Waals surface area (Å²) in [5.74, 6) is 9.55. The van der Waals surface area contributed by atoms with Crippen LogP contribution in [0.15, 0.2) is 61.4 Å². The number of likely N-dealkylation sites (N-methyl/N-ethyl adjacent to an activating group) is 2. The fraction of sp³-hybridized carbons (Fsp3) is 0.345. The molecule has 0 aliphatic carbocycles. The summed E-state index contributed by atoms with van der Waals surface area (Å²) < 4.78 is 0. The van der Waals surface area contributed by atoms with Crippen LogP contribution in [0.25, 0.3) is 11.8 Å². The molecule has 4 heteroatoms. The van der Waals surface area contributed by atoms with Crippen LogP contribution in [-0.2, 0) is 0 Å². The first-order valence-corrected chi connectivity index (χ1v) is 11.4. The molecule has 0 radical (unpaired) electrons. The maximum absolute atomic E-state index is 5.47. The highest BCUT2D eigenvalue weighted by Gasteiger charge is 2.21. The van der Waals surface area contributed by atoms with Gasteiger partial charge in [0.1, 0.15) is 0 Å². The summed E-state index contributed by atoms with van der Waals surface area (Å²) in [4.78, 5) is 2.17. The molecule has 0 spiro atoms. The number of hydrazone groups is 1. The number of benzene rings is 1. The second-order valence-corrected chi connectivity index (χ2v) is 8.04. The quantitative estimate of drug-likeness (QED) is 0.282. The van der Waals surface area contributed by atoms with Gasteiger partial charge in [-0.3, -0.25) is 5.01 Å². The van der Waals surface area contributed by atoms with Crippen molar-refractivity contribution in [2.45, 2.75) is 31.7 Å². The minimum absolute atomic E-state index is 0.0898. The molecule has 1 aromatic rings. The van der Waals surface area contributed by atoms with Crippen molar-refractivity contribution in [3.63, 3.8) is 0 Å². The number of rotatable bonds is 12. The molecule has 0 amide bonds. The van der Waals surface area contributed by atoms with E-state index in [2.05, 4.69) is 66.4 Å². The van der Waals surface area contributed by atoms with Crippen molar-refractivity contribution in [3.8, 4) is 24.2 Å². The van der Waals surface area contributed by atoms with Crippen LogP contribution < -0.4 is 5.32 Å². The summed E-state index contributed by atoms with van der Waals surface area (Å²) in [5, 5.41) is 9.57. The SMILES string of the molecule is C#CC1C=NN(CCCC#Cc2cccc(C=C)c2C(=C)N(C)C(CCC=C)C(=C)NC)C1. The van der Waals surface area contributed by atoms with Gasteiger partial charge in [-0.2, -0.15) is 5.10 Å². The Balaban J connectivity index is 2.16. The topological polar surface area (TPSA) is 30.9 Å². The third kappa shape index (κ3) is 6.93. The van der Waals surface area contributed by atoms with Crippen molar-refractivity contribution in [1.82, 2.24) is 15.2 Å². The van der Waals surface area contributed by atoms with Crippen LogP contribution in [-0.4, -0.2) is 49.4 Å². The molecule has 0 aromatic heterocycles. The second kappa shape index (κ2) is 13.0. The minimum atomic E-state index is 0.0898. The van der Waals surface area contributed by atoms with Crippen molar-refractivity contribution in [3.05, 3.63) is 73.0 Å². The lowest BCUT2D eigenvalue weighted by molar-refractivity contribution is 0.305. The first-order valence-electron chi connectivity index (χ1n) is 11.4. The summed E-state index contributed by atoms with van der Waals surface area (Å²) in [6.45, 7) is 18.1. The maximum atomic E-state index is 5.47. The first kappa shape index (κ1) is 25.6. The fourth-order valence-electron chi connectivity index (χ4n) is 3.82. The van der Waals surface area contributed by atoms with Gasteiger partial charge in [-0.25, -0.2) is 0 Å². The molecular formula is C29H36N4. The minimum Gasteiger partial charge on any atom is -0.390 e. The Labute approximate surface area is 200 Å². The molecule has 1 aromatic carbocycles. The van der Waals surface area contributed by atoms with E-state index in [-0.39, 0.29) is 12.0 Å². The van der Waals surface area contributed by atoms with Crippen LogP contribution in [0.1, 0.15) is 42.4 Å². The van der Waals surface area contributed by atoms with E-state index < -0.39 is 0 Å². The average molecular weight is 441 g/mol. The predicted molar refractivity (Wildman–Crippen MR) is 143 cm³/mol. The van der Waals surface area contributed by atoms with E-state index in [1.54, 1.807) is 0 Å². The van der Waals surface area contributed by atoms with E-state index in [4.69, 9.17) is 6.42 Å². The Morgan fingerprint density at radius 2 is 2.18 bits per heavy atom. The molecule has 4 nitrogen and oxygen atoms in total. The highest BCUT2D eigenvalue weighted by Crippen LogP contribution is 2.29. The summed E-state index contributed by atoms with van der Waals surface area (Å²) in [5.41, 5.74) is 4.82. The molecular weight excluding hydrogens is 404 g/mol. The zero-order valence-corrected chi connectivity index (χ0v) is 20.1. The fourth-order valence-corrected chi connectivity index (χ4v) is 3.82. The summed E-state index contributed by atoms with van der Waals surface area (Å²) in [6.07, 6.45) is 14.6. The smallest absolute Gasteiger partial charge is 0.0762 e. The molecule has 1 aliphatic heterocycles. The number of allylic oxidation sites excluding steroid dienone is 1. The van der Waals surface area contributed by atoms with Crippen molar-refractivity contribution in [2.75, 3.05) is 27.2 Å². The average Bonchev–Trinajstić information content (AvgIpc) is 3.30. The standard InChI is InChI=1S/C29H36N4/c1-8-11-19-28(23(4)30-6)32(7)24(5)29-26(10-3)17-15-18-27(29)16-13-12-14-20-33-22-25(9-2)21-31-33/h2,8,10,15,17-18,21,25,28,30H,1,3-5,11-12,14,19-20,22H2,6-7H3. The Kier molecular flexibility index (Phi) is 10.1. The van der Waals surface area contributed by atoms with Crippen molar-refractivity contribution >= 4 is 18.0 Å². The lowest BCUT2D eigenvalue weighted by Crippen LogP contribution is -2.35. The van der Waals surface area contributed by atoms with Gasteiger partial charge in [0, 0.05) is 55.8 Å². The van der Waals surface area contributed by atoms with Crippen LogP contribution in [0.5, 0.6) is 0 Å². The molecule has 0 saturated carbocycles.